The van der Waals surface area contributed by atoms with Crippen LogP contribution in [0.3, 0.4) is 0 Å². The number of aromatic hydroxyl groups is 3. The van der Waals surface area contributed by atoms with Crippen LogP contribution in [0, 0.1) is 0 Å². The molecule has 7 rings (SSSR count). The largest absolute Gasteiger partial charge is 0.507 e. The number of ketones is 2. The Morgan fingerprint density at radius 3 is 1.65 bits per heavy atom. The number of carbonyl (C=O) groups is 4. The number of aromatic carboxylic acids is 2. The summed E-state index contributed by atoms with van der Waals surface area (Å²) >= 11 is 0. The molecule has 7 atom stereocenters. The summed E-state index contributed by atoms with van der Waals surface area (Å²) in [7, 11) is 0. The summed E-state index contributed by atoms with van der Waals surface area (Å²) in [5.74, 6) is -9.35. The third kappa shape index (κ3) is 5.09. The molecule has 0 saturated carbocycles. The van der Waals surface area contributed by atoms with Crippen LogP contribution in [0.5, 0.6) is 23.0 Å². The highest BCUT2D eigenvalue weighted by Gasteiger charge is 2.48. The Hall–Kier alpha value is -5.84. The van der Waals surface area contributed by atoms with Gasteiger partial charge in [-0.1, -0.05) is 24.3 Å². The van der Waals surface area contributed by atoms with E-state index in [-0.39, 0.29) is 50.3 Å². The molecule has 9 N–H and O–H groups in total. The van der Waals surface area contributed by atoms with E-state index in [1.165, 1.54) is 36.4 Å². The number of fused-ring (bicyclic) bond motifs is 4. The summed E-state index contributed by atoms with van der Waals surface area (Å²) in [6, 6.07) is 12.3. The van der Waals surface area contributed by atoms with Crippen LogP contribution in [0.25, 0.3) is 0 Å². The molecule has 3 aliphatic rings. The Bertz CT molecular complexity index is 2170. The number of carboxylic acid groups (broad SMARTS) is 2. The smallest absolute Gasteiger partial charge is 0.335 e. The van der Waals surface area contributed by atoms with Crippen LogP contribution in [0.1, 0.15) is 86.6 Å². The maximum Gasteiger partial charge on any atom is 0.335 e. The van der Waals surface area contributed by atoms with Crippen molar-refractivity contribution >= 4 is 23.5 Å². The first-order chi connectivity index (χ1) is 24.2. The number of phenols is 3. The minimum Gasteiger partial charge on any atom is -0.507 e. The van der Waals surface area contributed by atoms with Gasteiger partial charge in [-0.05, 0) is 58.7 Å². The second-order valence-corrected chi connectivity index (χ2v) is 12.4. The van der Waals surface area contributed by atoms with E-state index in [2.05, 4.69) is 0 Å². The Balaban J connectivity index is 1.52. The quantitative estimate of drug-likeness (QED) is 0.138. The Kier molecular flexibility index (Phi) is 8.04. The fraction of sp³-hybridized carbons (Fsp3) is 0.222. The second-order valence-electron chi connectivity index (χ2n) is 12.4. The van der Waals surface area contributed by atoms with Crippen molar-refractivity contribution < 1.29 is 74.6 Å². The molecule has 1 fully saturated rings. The van der Waals surface area contributed by atoms with E-state index in [1.54, 1.807) is 0 Å². The number of hydrogen-bond acceptors (Lipinski definition) is 13. The maximum absolute atomic E-state index is 14.4. The summed E-state index contributed by atoms with van der Waals surface area (Å²) in [6.45, 7) is -0.775. The molecule has 1 saturated heterocycles. The van der Waals surface area contributed by atoms with Crippen LogP contribution in [-0.4, -0.2) is 107 Å². The number of benzene rings is 4. The Morgan fingerprint density at radius 2 is 1.12 bits per heavy atom. The number of aliphatic hydroxyl groups excluding tert-OH is 4. The van der Waals surface area contributed by atoms with E-state index in [0.717, 1.165) is 24.3 Å². The molecule has 0 amide bonds. The summed E-state index contributed by atoms with van der Waals surface area (Å²) in [5, 5.41) is 94.1. The molecule has 1 heterocycles. The summed E-state index contributed by atoms with van der Waals surface area (Å²) < 4.78 is 11.4. The minimum absolute atomic E-state index is 0.0489. The lowest BCUT2D eigenvalue weighted by Gasteiger charge is -2.41. The van der Waals surface area contributed by atoms with Crippen LogP contribution < -0.4 is 4.74 Å². The van der Waals surface area contributed by atoms with Crippen LogP contribution >= 0.6 is 0 Å². The van der Waals surface area contributed by atoms with Crippen LogP contribution in [-0.2, 0) is 4.74 Å². The number of ether oxygens (including phenoxy) is 2. The molecule has 0 radical (unpaired) electrons. The zero-order valence-corrected chi connectivity index (χ0v) is 26.0. The average molecular weight is 701 g/mol. The van der Waals surface area contributed by atoms with Gasteiger partial charge in [-0.15, -0.1) is 0 Å². The van der Waals surface area contributed by atoms with Gasteiger partial charge >= 0.3 is 11.9 Å². The zero-order valence-electron chi connectivity index (χ0n) is 26.0. The van der Waals surface area contributed by atoms with Crippen LogP contribution in [0.2, 0.25) is 0 Å². The topological polar surface area (TPSA) is 269 Å². The first kappa shape index (κ1) is 33.6. The molecule has 262 valence electrons. The highest BCUT2D eigenvalue weighted by Crippen LogP contribution is 2.56. The van der Waals surface area contributed by atoms with Gasteiger partial charge in [-0.3, -0.25) is 9.59 Å². The van der Waals surface area contributed by atoms with Gasteiger partial charge in [-0.2, -0.15) is 0 Å². The number of phenolic OH excluding ortho intramolecular Hbond substituents is 3. The predicted molar refractivity (Wildman–Crippen MR) is 170 cm³/mol. The number of aliphatic hydroxyl groups is 4. The first-order valence-corrected chi connectivity index (χ1v) is 15.5. The standard InChI is InChI=1S/C36H28O15/c37-11-22-29(41)32(44)33(45)36(51-22)50-21-6-2-4-15-24(17-8-13(35(48)49)10-20(40)27(17)31(43)28(15)21)23-14-3-1-5-18(38)25(14)30(42)26-16(23)7-12(34(46)47)9-19(26)39/h1-10,22-24,29,32-33,36-41,44-45H,11H2,(H,46,47)(H,48,49)/t22?,23-,24+,29?,32?,33?,36?/m1/s1. The predicted octanol–water partition coefficient (Wildman–Crippen LogP) is 1.43. The van der Waals surface area contributed by atoms with Crippen molar-refractivity contribution in [2.24, 2.45) is 0 Å². The van der Waals surface area contributed by atoms with E-state index in [9.17, 15) is 65.1 Å². The van der Waals surface area contributed by atoms with Gasteiger partial charge in [0, 0.05) is 11.8 Å². The van der Waals surface area contributed by atoms with Crippen LogP contribution in [0.15, 0.2) is 60.7 Å². The average Bonchev–Trinajstić information content (AvgIpc) is 3.08. The van der Waals surface area contributed by atoms with Crippen molar-refractivity contribution in [1.29, 1.82) is 0 Å². The van der Waals surface area contributed by atoms with E-state index in [4.69, 9.17) is 9.47 Å². The van der Waals surface area contributed by atoms with Gasteiger partial charge in [-0.25, -0.2) is 9.59 Å². The second kappa shape index (κ2) is 12.2. The summed E-state index contributed by atoms with van der Waals surface area (Å²) in [5.41, 5.74) is -1.98. The van der Waals surface area contributed by atoms with Crippen molar-refractivity contribution in [3.8, 4) is 23.0 Å². The lowest BCUT2D eigenvalue weighted by atomic mass is 9.63. The Labute approximate surface area is 286 Å². The van der Waals surface area contributed by atoms with E-state index >= 15 is 0 Å². The molecule has 5 unspecified atom stereocenters. The van der Waals surface area contributed by atoms with Crippen molar-refractivity contribution in [2.75, 3.05) is 6.61 Å². The summed E-state index contributed by atoms with van der Waals surface area (Å²) in [6.07, 6.45) is -8.55. The molecule has 51 heavy (non-hydrogen) atoms. The van der Waals surface area contributed by atoms with Gasteiger partial charge in [0.1, 0.15) is 47.4 Å². The molecule has 15 nitrogen and oxygen atoms in total. The lowest BCUT2D eigenvalue weighted by molar-refractivity contribution is -0.277. The lowest BCUT2D eigenvalue weighted by Crippen LogP contribution is -2.60. The molecule has 4 aromatic carbocycles. The molecule has 0 aromatic heterocycles. The number of rotatable bonds is 6. The molecule has 0 spiro atoms. The van der Waals surface area contributed by atoms with Gasteiger partial charge < -0.3 is 55.4 Å². The highest BCUT2D eigenvalue weighted by molar-refractivity contribution is 6.18. The van der Waals surface area contributed by atoms with Gasteiger partial charge in [0.2, 0.25) is 17.9 Å². The molecular weight excluding hydrogens is 672 g/mol. The van der Waals surface area contributed by atoms with Crippen molar-refractivity contribution in [3.63, 3.8) is 0 Å². The first-order valence-electron chi connectivity index (χ1n) is 15.5. The molecule has 0 bridgehead atoms. The monoisotopic (exact) mass is 700 g/mol. The molecule has 2 aliphatic carbocycles. The fourth-order valence-electron chi connectivity index (χ4n) is 7.34. The van der Waals surface area contributed by atoms with Crippen molar-refractivity contribution in [1.82, 2.24) is 0 Å². The normalized spacial score (nSPS) is 24.9. The fourth-order valence-corrected chi connectivity index (χ4v) is 7.34. The van der Waals surface area contributed by atoms with Crippen molar-refractivity contribution in [3.05, 3.63) is 116 Å². The third-order valence-corrected chi connectivity index (χ3v) is 9.60. The maximum atomic E-state index is 14.4. The highest BCUT2D eigenvalue weighted by atomic mass is 16.7. The third-order valence-electron chi connectivity index (χ3n) is 9.60. The molecule has 4 aromatic rings. The van der Waals surface area contributed by atoms with Gasteiger partial charge in [0.25, 0.3) is 0 Å². The van der Waals surface area contributed by atoms with E-state index in [0.29, 0.717) is 0 Å². The number of carboxylic acids is 2. The molecule has 15 heteroatoms. The minimum atomic E-state index is -1.88. The number of hydrogen-bond donors (Lipinski definition) is 9. The van der Waals surface area contributed by atoms with Gasteiger partial charge in [0.05, 0.1) is 40.0 Å². The van der Waals surface area contributed by atoms with Crippen LogP contribution in [0.4, 0.5) is 0 Å². The summed E-state index contributed by atoms with van der Waals surface area (Å²) in [4.78, 5) is 52.6. The van der Waals surface area contributed by atoms with E-state index < -0.39 is 101 Å². The van der Waals surface area contributed by atoms with Gasteiger partial charge in [0.15, 0.2) is 0 Å². The number of carbonyl (C=O) groups excluding carboxylic acids is 2. The SMILES string of the molecule is O=C(O)c1cc(O)c2c(c1)[C@H]([C@@H]1c3cc(C(=O)O)cc(O)c3C(=O)c3c(OC4OC(CO)C(O)C(O)C4O)cccc31)c1cccc(O)c1C2=O. The Morgan fingerprint density at radius 1 is 0.627 bits per heavy atom. The molecule has 1 aliphatic heterocycles. The van der Waals surface area contributed by atoms with E-state index in [1.807, 2.05) is 0 Å². The zero-order chi connectivity index (χ0) is 36.6. The molecular formula is C36H28O15. The van der Waals surface area contributed by atoms with Crippen molar-refractivity contribution in [2.45, 2.75) is 42.5 Å².